The number of hydrogen-bond donors (Lipinski definition) is 2. The first-order chi connectivity index (χ1) is 10.0. The Morgan fingerprint density at radius 2 is 2.14 bits per heavy atom. The van der Waals surface area contributed by atoms with Gasteiger partial charge in [-0.15, -0.1) is 22.7 Å². The van der Waals surface area contributed by atoms with E-state index in [0.717, 1.165) is 15.3 Å². The Labute approximate surface area is 131 Å². The number of carboxylic acids is 1. The van der Waals surface area contributed by atoms with E-state index >= 15 is 0 Å². The Bertz CT molecular complexity index is 644. The zero-order chi connectivity index (χ0) is 15.4. The van der Waals surface area contributed by atoms with E-state index in [1.165, 1.54) is 11.3 Å². The zero-order valence-electron chi connectivity index (χ0n) is 11.9. The Morgan fingerprint density at radius 1 is 1.38 bits per heavy atom. The molecule has 2 N–H and O–H groups in total. The molecule has 0 saturated carbocycles. The van der Waals surface area contributed by atoms with Gasteiger partial charge in [-0.3, -0.25) is 4.79 Å². The Balaban J connectivity index is 2.08. The van der Waals surface area contributed by atoms with Gasteiger partial charge in [0.2, 0.25) is 5.91 Å². The number of amides is 1. The number of carboxylic acid groups (broad SMARTS) is 1. The van der Waals surface area contributed by atoms with E-state index in [0.29, 0.717) is 24.3 Å². The number of hydrogen-bond acceptors (Lipinski definition) is 4. The fourth-order valence-corrected chi connectivity index (χ4v) is 4.06. The van der Waals surface area contributed by atoms with Gasteiger partial charge in [-0.25, -0.2) is 4.79 Å². The standard InChI is InChI=1S/C15H17NO3S2/c1-3-11-9(2)21-14(13(11)15(18)19)16-12(17)7-6-10-5-4-8-20-10/h4-5,8H,3,6-7H2,1-2H3,(H,16,17)(H,18,19). The zero-order valence-corrected chi connectivity index (χ0v) is 13.6. The molecule has 2 aromatic heterocycles. The average molecular weight is 323 g/mol. The van der Waals surface area contributed by atoms with E-state index in [4.69, 9.17) is 0 Å². The minimum absolute atomic E-state index is 0.144. The molecule has 0 aliphatic heterocycles. The predicted octanol–water partition coefficient (Wildman–Crippen LogP) is 3.95. The van der Waals surface area contributed by atoms with Crippen molar-refractivity contribution in [1.29, 1.82) is 0 Å². The molecule has 2 heterocycles. The largest absolute Gasteiger partial charge is 0.478 e. The van der Waals surface area contributed by atoms with Crippen LogP contribution in [0.25, 0.3) is 0 Å². The molecule has 0 saturated heterocycles. The molecule has 112 valence electrons. The van der Waals surface area contributed by atoms with Crippen LogP contribution < -0.4 is 5.32 Å². The maximum absolute atomic E-state index is 12.0. The summed E-state index contributed by atoms with van der Waals surface area (Å²) in [6.07, 6.45) is 1.68. The molecule has 0 aromatic carbocycles. The lowest BCUT2D eigenvalue weighted by molar-refractivity contribution is -0.116. The van der Waals surface area contributed by atoms with Crippen molar-refractivity contribution >= 4 is 39.6 Å². The number of aromatic carboxylic acids is 1. The highest BCUT2D eigenvalue weighted by molar-refractivity contribution is 7.16. The first-order valence-electron chi connectivity index (χ1n) is 6.70. The number of carbonyl (C=O) groups excluding carboxylic acids is 1. The van der Waals surface area contributed by atoms with Crippen LogP contribution in [0.3, 0.4) is 0 Å². The monoisotopic (exact) mass is 323 g/mol. The number of aryl methyl sites for hydroxylation is 2. The second kappa shape index (κ2) is 6.87. The second-order valence-electron chi connectivity index (χ2n) is 4.63. The van der Waals surface area contributed by atoms with Crippen LogP contribution in [0.5, 0.6) is 0 Å². The second-order valence-corrected chi connectivity index (χ2v) is 6.88. The lowest BCUT2D eigenvalue weighted by atomic mass is 10.1. The summed E-state index contributed by atoms with van der Waals surface area (Å²) >= 11 is 2.95. The predicted molar refractivity (Wildman–Crippen MR) is 86.7 cm³/mol. The summed E-state index contributed by atoms with van der Waals surface area (Å²) in [6.45, 7) is 3.81. The summed E-state index contributed by atoms with van der Waals surface area (Å²) in [7, 11) is 0. The van der Waals surface area contributed by atoms with Gasteiger partial charge in [0.1, 0.15) is 5.00 Å². The van der Waals surface area contributed by atoms with E-state index in [1.807, 2.05) is 31.4 Å². The van der Waals surface area contributed by atoms with Gasteiger partial charge in [-0.05, 0) is 36.8 Å². The fraction of sp³-hybridized carbons (Fsp3) is 0.333. The van der Waals surface area contributed by atoms with Gasteiger partial charge in [0.25, 0.3) is 0 Å². The summed E-state index contributed by atoms with van der Waals surface area (Å²) in [5, 5.41) is 14.5. The van der Waals surface area contributed by atoms with Gasteiger partial charge >= 0.3 is 5.97 Å². The molecule has 0 unspecified atom stereocenters. The maximum Gasteiger partial charge on any atom is 0.339 e. The molecule has 0 aliphatic carbocycles. The van der Waals surface area contributed by atoms with Crippen LogP contribution in [0, 0.1) is 6.92 Å². The SMILES string of the molecule is CCc1c(C)sc(NC(=O)CCc2cccs2)c1C(=O)O. The minimum Gasteiger partial charge on any atom is -0.478 e. The number of anilines is 1. The first-order valence-corrected chi connectivity index (χ1v) is 8.40. The summed E-state index contributed by atoms with van der Waals surface area (Å²) < 4.78 is 0. The fourth-order valence-electron chi connectivity index (χ4n) is 2.20. The van der Waals surface area contributed by atoms with Crippen LogP contribution in [0.1, 0.15) is 39.0 Å². The van der Waals surface area contributed by atoms with Crippen molar-refractivity contribution in [2.75, 3.05) is 5.32 Å². The van der Waals surface area contributed by atoms with Crippen molar-refractivity contribution in [3.05, 3.63) is 38.4 Å². The van der Waals surface area contributed by atoms with Gasteiger partial charge in [0.05, 0.1) is 5.56 Å². The van der Waals surface area contributed by atoms with Crippen LogP contribution in [-0.4, -0.2) is 17.0 Å². The third-order valence-corrected chi connectivity index (χ3v) is 5.21. The van der Waals surface area contributed by atoms with Crippen LogP contribution in [-0.2, 0) is 17.6 Å². The molecule has 2 rings (SSSR count). The molecule has 0 atom stereocenters. The minimum atomic E-state index is -0.982. The Kier molecular flexibility index (Phi) is 5.14. The van der Waals surface area contributed by atoms with Crippen molar-refractivity contribution < 1.29 is 14.7 Å². The van der Waals surface area contributed by atoms with Gasteiger partial charge in [0, 0.05) is 16.2 Å². The van der Waals surface area contributed by atoms with Crippen LogP contribution >= 0.6 is 22.7 Å². The molecule has 0 spiro atoms. The molecule has 21 heavy (non-hydrogen) atoms. The van der Waals surface area contributed by atoms with Crippen molar-refractivity contribution in [2.24, 2.45) is 0 Å². The van der Waals surface area contributed by atoms with Crippen molar-refractivity contribution in [3.8, 4) is 0 Å². The molecule has 1 amide bonds. The molecule has 0 fully saturated rings. The van der Waals surface area contributed by atoms with E-state index in [9.17, 15) is 14.7 Å². The van der Waals surface area contributed by atoms with Crippen LogP contribution in [0.4, 0.5) is 5.00 Å². The van der Waals surface area contributed by atoms with Crippen LogP contribution in [0.2, 0.25) is 0 Å². The summed E-state index contributed by atoms with van der Waals surface area (Å²) in [6, 6.07) is 3.95. The molecule has 0 radical (unpaired) electrons. The Hall–Kier alpha value is -1.66. The molecule has 6 heteroatoms. The van der Waals surface area contributed by atoms with E-state index in [1.54, 1.807) is 11.3 Å². The molecule has 0 bridgehead atoms. The van der Waals surface area contributed by atoms with Gasteiger partial charge in [0.15, 0.2) is 0 Å². The normalized spacial score (nSPS) is 10.6. The third kappa shape index (κ3) is 3.71. The average Bonchev–Trinajstić information content (AvgIpc) is 3.03. The van der Waals surface area contributed by atoms with E-state index in [-0.39, 0.29) is 11.5 Å². The highest BCUT2D eigenvalue weighted by atomic mass is 32.1. The lowest BCUT2D eigenvalue weighted by Crippen LogP contribution is -2.14. The highest BCUT2D eigenvalue weighted by Gasteiger charge is 2.21. The van der Waals surface area contributed by atoms with E-state index in [2.05, 4.69) is 5.32 Å². The van der Waals surface area contributed by atoms with Crippen molar-refractivity contribution in [2.45, 2.75) is 33.1 Å². The molecule has 2 aromatic rings. The van der Waals surface area contributed by atoms with Crippen molar-refractivity contribution in [3.63, 3.8) is 0 Å². The van der Waals surface area contributed by atoms with Crippen molar-refractivity contribution in [1.82, 2.24) is 0 Å². The lowest BCUT2D eigenvalue weighted by Gasteiger charge is -2.04. The van der Waals surface area contributed by atoms with E-state index < -0.39 is 5.97 Å². The number of thiophene rings is 2. The quantitative estimate of drug-likeness (QED) is 0.846. The Morgan fingerprint density at radius 3 is 2.71 bits per heavy atom. The van der Waals surface area contributed by atoms with Gasteiger partial charge in [-0.1, -0.05) is 13.0 Å². The molecule has 4 nitrogen and oxygen atoms in total. The summed E-state index contributed by atoms with van der Waals surface area (Å²) in [5.74, 6) is -1.13. The maximum atomic E-state index is 12.0. The van der Waals surface area contributed by atoms with Gasteiger partial charge < -0.3 is 10.4 Å². The number of nitrogens with one attached hydrogen (secondary N) is 1. The molecular weight excluding hydrogens is 306 g/mol. The number of carbonyl (C=O) groups is 2. The topological polar surface area (TPSA) is 66.4 Å². The summed E-state index contributed by atoms with van der Waals surface area (Å²) in [5.41, 5.74) is 1.05. The number of rotatable bonds is 6. The smallest absolute Gasteiger partial charge is 0.339 e. The highest BCUT2D eigenvalue weighted by Crippen LogP contribution is 2.33. The molecular formula is C15H17NO3S2. The molecule has 0 aliphatic rings. The summed E-state index contributed by atoms with van der Waals surface area (Å²) in [4.78, 5) is 25.5. The third-order valence-electron chi connectivity index (χ3n) is 3.21. The van der Waals surface area contributed by atoms with Gasteiger partial charge in [-0.2, -0.15) is 0 Å². The first kappa shape index (κ1) is 15.7. The van der Waals surface area contributed by atoms with Crippen LogP contribution in [0.15, 0.2) is 17.5 Å².